The molecule has 1 N–H and O–H groups in total. The molecule has 4 rings (SSSR count). The fourth-order valence-corrected chi connectivity index (χ4v) is 4.23. The van der Waals surface area contributed by atoms with Crippen LogP contribution in [0.15, 0.2) is 48.5 Å². The summed E-state index contributed by atoms with van der Waals surface area (Å²) in [6.07, 6.45) is 0.942. The number of amides is 1. The summed E-state index contributed by atoms with van der Waals surface area (Å²) in [5, 5.41) is 4.20. The summed E-state index contributed by atoms with van der Waals surface area (Å²) in [6, 6.07) is 16.5. The Hall–Kier alpha value is -1.59. The number of nitrogens with one attached hydrogen (secondary N) is 1. The molecule has 0 spiro atoms. The Bertz CT molecular complexity index is 799. The van der Waals surface area contributed by atoms with Crippen LogP contribution in [-0.4, -0.2) is 48.4 Å². The molecule has 2 aromatic carbocycles. The van der Waals surface area contributed by atoms with E-state index >= 15 is 0 Å². The molecule has 6 heteroatoms. The summed E-state index contributed by atoms with van der Waals surface area (Å²) in [6.45, 7) is 4.54. The third-order valence-electron chi connectivity index (χ3n) is 5.44. The van der Waals surface area contributed by atoms with Crippen LogP contribution in [-0.2, 0) is 17.8 Å². The minimum atomic E-state index is 0. The van der Waals surface area contributed by atoms with E-state index in [1.807, 2.05) is 23.1 Å². The highest BCUT2D eigenvalue weighted by Gasteiger charge is 2.29. The number of fused-ring (bicyclic) bond motifs is 1. The average molecular weight is 406 g/mol. The van der Waals surface area contributed by atoms with Gasteiger partial charge in [0.1, 0.15) is 0 Å². The highest BCUT2D eigenvalue weighted by Crippen LogP contribution is 2.28. The van der Waals surface area contributed by atoms with Gasteiger partial charge in [0.2, 0.25) is 5.91 Å². The van der Waals surface area contributed by atoms with Gasteiger partial charge < -0.3 is 10.2 Å². The van der Waals surface area contributed by atoms with Crippen LogP contribution in [0.4, 0.5) is 0 Å². The molecule has 2 aliphatic heterocycles. The third-order valence-corrected chi connectivity index (χ3v) is 5.78. The maximum absolute atomic E-state index is 13.0. The highest BCUT2D eigenvalue weighted by molar-refractivity contribution is 6.31. The molecule has 0 radical (unpaired) electrons. The summed E-state index contributed by atoms with van der Waals surface area (Å²) >= 11 is 6.41. The lowest BCUT2D eigenvalue weighted by Crippen LogP contribution is -2.50. The number of carbonyl (C=O) groups is 1. The number of hydrogen-bond donors (Lipinski definition) is 1. The van der Waals surface area contributed by atoms with E-state index in [9.17, 15) is 4.79 Å². The van der Waals surface area contributed by atoms with E-state index in [0.29, 0.717) is 6.54 Å². The van der Waals surface area contributed by atoms with Gasteiger partial charge in [-0.3, -0.25) is 9.69 Å². The fourth-order valence-electron chi connectivity index (χ4n) is 3.97. The van der Waals surface area contributed by atoms with Crippen LogP contribution < -0.4 is 5.32 Å². The Morgan fingerprint density at radius 1 is 1.07 bits per heavy atom. The van der Waals surface area contributed by atoms with Gasteiger partial charge in [0.15, 0.2) is 0 Å². The lowest BCUT2D eigenvalue weighted by molar-refractivity contribution is -0.134. The monoisotopic (exact) mass is 405 g/mol. The van der Waals surface area contributed by atoms with Crippen LogP contribution in [0.3, 0.4) is 0 Å². The number of nitrogens with zero attached hydrogens (tertiary/aromatic N) is 2. The molecule has 1 unspecified atom stereocenters. The second-order valence-corrected chi connectivity index (χ2v) is 7.45. The standard InChI is InChI=1S/C21H24ClN3O.ClH/c22-19-8-4-3-7-18(19)20-13-23-10-12-24(20)15-21(26)25-11-9-16-5-1-2-6-17(16)14-25;/h1-8,20,23H,9-15H2;1H. The predicted molar refractivity (Wildman–Crippen MR) is 111 cm³/mol. The molecule has 2 aliphatic rings. The van der Waals surface area contributed by atoms with Crippen molar-refractivity contribution in [2.75, 3.05) is 32.7 Å². The molecule has 2 heterocycles. The molecular formula is C21H25Cl2N3O. The lowest BCUT2D eigenvalue weighted by atomic mass is 9.99. The van der Waals surface area contributed by atoms with Crippen molar-refractivity contribution in [1.82, 2.24) is 15.1 Å². The molecule has 27 heavy (non-hydrogen) atoms. The molecule has 1 amide bonds. The fraction of sp³-hybridized carbons (Fsp3) is 0.381. The van der Waals surface area contributed by atoms with E-state index in [2.05, 4.69) is 40.5 Å². The molecule has 0 bridgehead atoms. The maximum atomic E-state index is 13.0. The average Bonchev–Trinajstić information content (AvgIpc) is 2.68. The van der Waals surface area contributed by atoms with Gasteiger partial charge in [-0.05, 0) is 29.2 Å². The molecule has 1 atom stereocenters. The van der Waals surface area contributed by atoms with Crippen molar-refractivity contribution in [3.05, 3.63) is 70.2 Å². The zero-order chi connectivity index (χ0) is 17.9. The molecule has 0 aliphatic carbocycles. The van der Waals surface area contributed by atoms with Gasteiger partial charge in [-0.15, -0.1) is 12.4 Å². The van der Waals surface area contributed by atoms with Gasteiger partial charge in [0.25, 0.3) is 0 Å². The quantitative estimate of drug-likeness (QED) is 0.850. The van der Waals surface area contributed by atoms with Gasteiger partial charge in [-0.1, -0.05) is 54.1 Å². The molecule has 2 aromatic rings. The largest absolute Gasteiger partial charge is 0.337 e. The van der Waals surface area contributed by atoms with Gasteiger partial charge in [0.05, 0.1) is 6.54 Å². The zero-order valence-corrected chi connectivity index (χ0v) is 16.8. The van der Waals surface area contributed by atoms with Gasteiger partial charge in [-0.2, -0.15) is 0 Å². The van der Waals surface area contributed by atoms with Gasteiger partial charge in [0, 0.05) is 43.8 Å². The van der Waals surface area contributed by atoms with Crippen LogP contribution >= 0.6 is 24.0 Å². The number of benzene rings is 2. The Morgan fingerprint density at radius 2 is 1.81 bits per heavy atom. The minimum Gasteiger partial charge on any atom is -0.337 e. The lowest BCUT2D eigenvalue weighted by Gasteiger charge is -2.38. The van der Waals surface area contributed by atoms with Crippen molar-refractivity contribution in [3.8, 4) is 0 Å². The van der Waals surface area contributed by atoms with Crippen molar-refractivity contribution in [3.63, 3.8) is 0 Å². The molecular weight excluding hydrogens is 381 g/mol. The normalized spacial score (nSPS) is 19.9. The molecule has 0 aromatic heterocycles. The van der Waals surface area contributed by atoms with Crippen LogP contribution in [0, 0.1) is 0 Å². The minimum absolute atomic E-state index is 0. The van der Waals surface area contributed by atoms with Crippen molar-refractivity contribution in [2.24, 2.45) is 0 Å². The van der Waals surface area contributed by atoms with Gasteiger partial charge >= 0.3 is 0 Å². The number of halogens is 2. The van der Waals surface area contributed by atoms with Crippen molar-refractivity contribution >= 4 is 29.9 Å². The first-order chi connectivity index (χ1) is 12.7. The number of rotatable bonds is 3. The number of hydrogen-bond acceptors (Lipinski definition) is 3. The van der Waals surface area contributed by atoms with Crippen molar-refractivity contribution in [1.29, 1.82) is 0 Å². The smallest absolute Gasteiger partial charge is 0.237 e. The van der Waals surface area contributed by atoms with E-state index in [4.69, 9.17) is 11.6 Å². The summed E-state index contributed by atoms with van der Waals surface area (Å²) in [5.41, 5.74) is 3.74. The Balaban J connectivity index is 0.00000210. The molecule has 1 fully saturated rings. The third kappa shape index (κ3) is 4.46. The number of carbonyl (C=O) groups excluding carboxylic acids is 1. The Labute approximate surface area is 171 Å². The van der Waals surface area contributed by atoms with Crippen molar-refractivity contribution < 1.29 is 4.79 Å². The van der Waals surface area contributed by atoms with Crippen LogP contribution in [0.1, 0.15) is 22.7 Å². The summed E-state index contributed by atoms with van der Waals surface area (Å²) in [5.74, 6) is 0.207. The van der Waals surface area contributed by atoms with E-state index < -0.39 is 0 Å². The molecule has 1 saturated heterocycles. The maximum Gasteiger partial charge on any atom is 0.237 e. The predicted octanol–water partition coefficient (Wildman–Crippen LogP) is 3.29. The van der Waals surface area contributed by atoms with Crippen LogP contribution in [0.5, 0.6) is 0 Å². The van der Waals surface area contributed by atoms with E-state index in [1.165, 1.54) is 11.1 Å². The first-order valence-electron chi connectivity index (χ1n) is 9.26. The van der Waals surface area contributed by atoms with Gasteiger partial charge in [-0.25, -0.2) is 0 Å². The van der Waals surface area contributed by atoms with E-state index in [-0.39, 0.29) is 24.4 Å². The zero-order valence-electron chi connectivity index (χ0n) is 15.2. The number of piperazine rings is 1. The van der Waals surface area contributed by atoms with Crippen molar-refractivity contribution in [2.45, 2.75) is 19.0 Å². The first kappa shape index (κ1) is 20.2. The topological polar surface area (TPSA) is 35.6 Å². The Morgan fingerprint density at radius 3 is 2.63 bits per heavy atom. The van der Waals surface area contributed by atoms with Crippen LogP contribution in [0.25, 0.3) is 0 Å². The van der Waals surface area contributed by atoms with E-state index in [0.717, 1.165) is 49.7 Å². The van der Waals surface area contributed by atoms with E-state index in [1.54, 1.807) is 0 Å². The molecule has 144 valence electrons. The summed E-state index contributed by atoms with van der Waals surface area (Å²) < 4.78 is 0. The first-order valence-corrected chi connectivity index (χ1v) is 9.64. The summed E-state index contributed by atoms with van der Waals surface area (Å²) in [4.78, 5) is 17.2. The Kier molecular flexibility index (Phi) is 6.77. The molecule has 0 saturated carbocycles. The SMILES string of the molecule is Cl.O=C(CN1CCNCC1c1ccccc1Cl)N1CCc2ccccc2C1. The highest BCUT2D eigenvalue weighted by atomic mass is 35.5. The summed E-state index contributed by atoms with van der Waals surface area (Å²) in [7, 11) is 0. The second kappa shape index (κ2) is 9.07. The second-order valence-electron chi connectivity index (χ2n) is 7.05. The molecule has 4 nitrogen and oxygen atoms in total. The van der Waals surface area contributed by atoms with Crippen LogP contribution in [0.2, 0.25) is 5.02 Å².